The molecule has 1 aromatic heterocycles. The Morgan fingerprint density at radius 2 is 2.22 bits per heavy atom. The molecule has 0 radical (unpaired) electrons. The molecule has 96 valence electrons. The van der Waals surface area contributed by atoms with Crippen LogP contribution in [-0.2, 0) is 0 Å². The monoisotopic (exact) mass is 265 g/mol. The molecule has 0 amide bonds. The van der Waals surface area contributed by atoms with Crippen LogP contribution < -0.4 is 10.2 Å². The summed E-state index contributed by atoms with van der Waals surface area (Å²) in [5.74, 6) is -0.236. The molecule has 0 aliphatic rings. The molecule has 2 rings (SSSR count). The van der Waals surface area contributed by atoms with Crippen molar-refractivity contribution in [2.75, 3.05) is 19.0 Å². The maximum absolute atomic E-state index is 13.2. The Hall–Kier alpha value is -1.46. The molecule has 3 nitrogen and oxygen atoms in total. The van der Waals surface area contributed by atoms with Gasteiger partial charge in [0.05, 0.1) is 5.69 Å². The maximum Gasteiger partial charge on any atom is 0.189 e. The molecule has 18 heavy (non-hydrogen) atoms. The summed E-state index contributed by atoms with van der Waals surface area (Å²) in [6.07, 6.45) is 0. The van der Waals surface area contributed by atoms with Crippen molar-refractivity contribution in [1.29, 1.82) is 0 Å². The number of hydrogen-bond acceptors (Lipinski definition) is 4. The number of thiazole rings is 1. The van der Waals surface area contributed by atoms with E-state index in [0.29, 0.717) is 0 Å². The Morgan fingerprint density at radius 1 is 1.44 bits per heavy atom. The minimum Gasteiger partial charge on any atom is -0.321 e. The average molecular weight is 265 g/mol. The Bertz CT molecular complexity index is 526. The van der Waals surface area contributed by atoms with Crippen LogP contribution in [0.4, 0.5) is 15.2 Å². The van der Waals surface area contributed by atoms with Crippen LogP contribution in [0.5, 0.6) is 0 Å². The van der Waals surface area contributed by atoms with E-state index < -0.39 is 0 Å². The zero-order chi connectivity index (χ0) is 13.1. The predicted octanol–water partition coefficient (Wildman–Crippen LogP) is 3.33. The normalized spacial score (nSPS) is 12.4. The van der Waals surface area contributed by atoms with E-state index >= 15 is 0 Å². The van der Waals surface area contributed by atoms with Crippen molar-refractivity contribution in [3.05, 3.63) is 41.2 Å². The smallest absolute Gasteiger partial charge is 0.189 e. The van der Waals surface area contributed by atoms with Gasteiger partial charge in [-0.15, -0.1) is 11.3 Å². The van der Waals surface area contributed by atoms with Gasteiger partial charge in [-0.1, -0.05) is 6.07 Å². The van der Waals surface area contributed by atoms with Crippen LogP contribution in [0.3, 0.4) is 0 Å². The quantitative estimate of drug-likeness (QED) is 0.919. The molecular weight excluding hydrogens is 249 g/mol. The van der Waals surface area contributed by atoms with Crippen LogP contribution >= 0.6 is 11.3 Å². The minimum atomic E-state index is -0.236. The second-order valence-corrected chi connectivity index (χ2v) is 4.94. The van der Waals surface area contributed by atoms with Gasteiger partial charge in [-0.2, -0.15) is 0 Å². The number of aromatic nitrogens is 1. The number of anilines is 2. The van der Waals surface area contributed by atoms with Crippen molar-refractivity contribution in [3.63, 3.8) is 0 Å². The summed E-state index contributed by atoms with van der Waals surface area (Å²) in [5, 5.41) is 6.03. The van der Waals surface area contributed by atoms with E-state index in [9.17, 15) is 4.39 Å². The van der Waals surface area contributed by atoms with Crippen LogP contribution in [0, 0.1) is 5.82 Å². The van der Waals surface area contributed by atoms with Crippen LogP contribution in [0.1, 0.15) is 18.7 Å². The van der Waals surface area contributed by atoms with E-state index in [-0.39, 0.29) is 11.9 Å². The van der Waals surface area contributed by atoms with Crippen molar-refractivity contribution in [3.8, 4) is 0 Å². The lowest BCUT2D eigenvalue weighted by atomic mass is 10.3. The molecule has 0 bridgehead atoms. The molecule has 0 aliphatic carbocycles. The summed E-state index contributed by atoms with van der Waals surface area (Å²) in [5.41, 5.74) is 1.80. The first-order valence-electron chi connectivity index (χ1n) is 5.74. The SMILES string of the molecule is CNC(C)c1csc(N(C)c2cccc(F)c2)n1. The number of nitrogens with one attached hydrogen (secondary N) is 1. The lowest BCUT2D eigenvalue weighted by Crippen LogP contribution is -2.14. The first-order chi connectivity index (χ1) is 8.61. The number of nitrogens with zero attached hydrogens (tertiary/aromatic N) is 2. The average Bonchev–Trinajstić information content (AvgIpc) is 2.86. The van der Waals surface area contributed by atoms with Gasteiger partial charge < -0.3 is 10.2 Å². The highest BCUT2D eigenvalue weighted by Crippen LogP contribution is 2.28. The van der Waals surface area contributed by atoms with E-state index in [2.05, 4.69) is 17.2 Å². The van der Waals surface area contributed by atoms with Crippen LogP contribution in [0.25, 0.3) is 0 Å². The summed E-state index contributed by atoms with van der Waals surface area (Å²) in [6.45, 7) is 2.06. The van der Waals surface area contributed by atoms with Crippen molar-refractivity contribution >= 4 is 22.2 Å². The van der Waals surface area contributed by atoms with Crippen molar-refractivity contribution < 1.29 is 4.39 Å². The van der Waals surface area contributed by atoms with Gasteiger partial charge >= 0.3 is 0 Å². The largest absolute Gasteiger partial charge is 0.321 e. The molecular formula is C13H16FN3S. The highest BCUT2D eigenvalue weighted by atomic mass is 32.1. The van der Waals surface area contributed by atoms with E-state index in [4.69, 9.17) is 0 Å². The summed E-state index contributed by atoms with van der Waals surface area (Å²) in [6, 6.07) is 6.73. The molecule has 0 saturated carbocycles. The molecule has 0 fully saturated rings. The van der Waals surface area contributed by atoms with Gasteiger partial charge in [0.15, 0.2) is 5.13 Å². The van der Waals surface area contributed by atoms with Crippen LogP contribution in [0.2, 0.25) is 0 Å². The van der Waals surface area contributed by atoms with Gasteiger partial charge in [0.25, 0.3) is 0 Å². The fourth-order valence-corrected chi connectivity index (χ4v) is 2.48. The van der Waals surface area contributed by atoms with Crippen molar-refractivity contribution in [2.24, 2.45) is 0 Å². The second-order valence-electron chi connectivity index (χ2n) is 4.10. The molecule has 5 heteroatoms. The lowest BCUT2D eigenvalue weighted by molar-refractivity contribution is 0.627. The van der Waals surface area contributed by atoms with Gasteiger partial charge in [-0.05, 0) is 32.2 Å². The molecule has 1 heterocycles. The summed E-state index contributed by atoms with van der Waals surface area (Å²) >= 11 is 1.55. The molecule has 1 N–H and O–H groups in total. The van der Waals surface area contributed by atoms with Gasteiger partial charge in [0.2, 0.25) is 0 Å². The third-order valence-corrected chi connectivity index (χ3v) is 3.80. The molecule has 0 saturated heterocycles. The van der Waals surface area contributed by atoms with E-state index in [1.807, 2.05) is 30.4 Å². The highest BCUT2D eigenvalue weighted by molar-refractivity contribution is 7.13. The number of hydrogen-bond donors (Lipinski definition) is 1. The molecule has 1 aromatic carbocycles. The summed E-state index contributed by atoms with van der Waals surface area (Å²) < 4.78 is 13.2. The van der Waals surface area contributed by atoms with Gasteiger partial charge in [-0.3, -0.25) is 0 Å². The number of benzene rings is 1. The Labute approximate surface area is 110 Å². The maximum atomic E-state index is 13.2. The Kier molecular flexibility index (Phi) is 3.93. The molecule has 1 unspecified atom stereocenters. The fourth-order valence-electron chi connectivity index (χ4n) is 1.57. The van der Waals surface area contributed by atoms with E-state index in [0.717, 1.165) is 16.5 Å². The zero-order valence-corrected chi connectivity index (χ0v) is 11.5. The molecule has 0 aliphatic heterocycles. The summed E-state index contributed by atoms with van der Waals surface area (Å²) in [4.78, 5) is 6.43. The second kappa shape index (κ2) is 5.46. The molecule has 2 aromatic rings. The van der Waals surface area contributed by atoms with Crippen molar-refractivity contribution in [2.45, 2.75) is 13.0 Å². The topological polar surface area (TPSA) is 28.2 Å². The third-order valence-electron chi connectivity index (χ3n) is 2.87. The van der Waals surface area contributed by atoms with E-state index in [1.165, 1.54) is 12.1 Å². The molecule has 1 atom stereocenters. The first-order valence-corrected chi connectivity index (χ1v) is 6.61. The van der Waals surface area contributed by atoms with Gasteiger partial charge in [0, 0.05) is 24.2 Å². The minimum absolute atomic E-state index is 0.218. The standard InChI is InChI=1S/C13H16FN3S/c1-9(15-2)12-8-18-13(16-12)17(3)11-6-4-5-10(14)7-11/h4-9,15H,1-3H3. The summed E-state index contributed by atoms with van der Waals surface area (Å²) in [7, 11) is 3.79. The van der Waals surface area contributed by atoms with Crippen molar-refractivity contribution in [1.82, 2.24) is 10.3 Å². The Balaban J connectivity index is 2.23. The highest BCUT2D eigenvalue weighted by Gasteiger charge is 2.12. The Morgan fingerprint density at radius 3 is 2.89 bits per heavy atom. The number of halogens is 1. The molecule has 0 spiro atoms. The van der Waals surface area contributed by atoms with Gasteiger partial charge in [-0.25, -0.2) is 9.37 Å². The lowest BCUT2D eigenvalue weighted by Gasteiger charge is -2.15. The fraction of sp³-hybridized carbons (Fsp3) is 0.308. The van der Waals surface area contributed by atoms with Gasteiger partial charge in [0.1, 0.15) is 5.82 Å². The van der Waals surface area contributed by atoms with E-state index in [1.54, 1.807) is 17.4 Å². The first kappa shape index (κ1) is 13.0. The predicted molar refractivity (Wildman–Crippen MR) is 74.1 cm³/mol. The van der Waals surface area contributed by atoms with Crippen LogP contribution in [-0.4, -0.2) is 19.1 Å². The zero-order valence-electron chi connectivity index (χ0n) is 10.6. The van der Waals surface area contributed by atoms with Crippen LogP contribution in [0.15, 0.2) is 29.6 Å². The third kappa shape index (κ3) is 2.68. The number of rotatable bonds is 4.